The predicted octanol–water partition coefficient (Wildman–Crippen LogP) is 4.30. The predicted molar refractivity (Wildman–Crippen MR) is 121 cm³/mol. The summed E-state index contributed by atoms with van der Waals surface area (Å²) >= 11 is 0. The Labute approximate surface area is 196 Å². The van der Waals surface area contributed by atoms with Crippen LogP contribution in [0.3, 0.4) is 0 Å². The maximum absolute atomic E-state index is 12.1. The normalized spacial score (nSPS) is 16.0. The van der Waals surface area contributed by atoms with Gasteiger partial charge in [-0.2, -0.15) is 0 Å². The van der Waals surface area contributed by atoms with Crippen molar-refractivity contribution in [2.75, 3.05) is 7.11 Å². The van der Waals surface area contributed by atoms with Crippen LogP contribution in [0.4, 0.5) is 0 Å². The number of hydrogen-bond acceptors (Lipinski definition) is 8. The van der Waals surface area contributed by atoms with Crippen molar-refractivity contribution < 1.29 is 33.3 Å². The molecular weight excluding hydrogens is 438 g/mol. The van der Waals surface area contributed by atoms with Crippen LogP contribution < -0.4 is 9.47 Å². The van der Waals surface area contributed by atoms with Gasteiger partial charge in [-0.05, 0) is 12.1 Å². The molecule has 8 nitrogen and oxygen atoms in total. The molecule has 1 aliphatic rings. The van der Waals surface area contributed by atoms with Crippen molar-refractivity contribution in [3.63, 3.8) is 0 Å². The molecule has 0 unspecified atom stereocenters. The van der Waals surface area contributed by atoms with E-state index in [1.54, 1.807) is 24.3 Å². The second kappa shape index (κ2) is 9.35. The molecule has 0 spiro atoms. The summed E-state index contributed by atoms with van der Waals surface area (Å²) < 4.78 is 22.3. The van der Waals surface area contributed by atoms with Gasteiger partial charge >= 0.3 is 17.9 Å². The van der Waals surface area contributed by atoms with Gasteiger partial charge in [0.05, 0.1) is 24.1 Å². The number of fused-ring (bicyclic) bond motifs is 2. The van der Waals surface area contributed by atoms with Crippen molar-refractivity contribution in [3.05, 3.63) is 77.0 Å². The van der Waals surface area contributed by atoms with Gasteiger partial charge < -0.3 is 18.9 Å². The van der Waals surface area contributed by atoms with Gasteiger partial charge in [0.2, 0.25) is 0 Å². The van der Waals surface area contributed by atoms with Crippen molar-refractivity contribution in [1.82, 2.24) is 4.98 Å². The van der Waals surface area contributed by atoms with Crippen molar-refractivity contribution in [2.45, 2.75) is 33.0 Å². The molecule has 0 amide bonds. The molecule has 0 saturated heterocycles. The zero-order valence-electron chi connectivity index (χ0n) is 19.2. The Balaban J connectivity index is 1.99. The van der Waals surface area contributed by atoms with Gasteiger partial charge in [0.1, 0.15) is 11.5 Å². The molecule has 4 rings (SSSR count). The van der Waals surface area contributed by atoms with Crippen molar-refractivity contribution in [2.24, 2.45) is 0 Å². The van der Waals surface area contributed by atoms with E-state index in [4.69, 9.17) is 23.9 Å². The standard InChI is InChI=1S/C26H23NO7/c1-14(28)32-18-10-11-19-20(12-18)25(33-15(2)29)23-22(31-4)13-21(17-8-6-5-7-9-17)27-24(23)26(19)34-16(3)30/h5-13,25-26H,1-4H3/t25-,26+/m1/s1. The Morgan fingerprint density at radius 1 is 0.794 bits per heavy atom. The largest absolute Gasteiger partial charge is 0.496 e. The fraction of sp³-hybridized carbons (Fsp3) is 0.231. The van der Waals surface area contributed by atoms with Gasteiger partial charge in [-0.1, -0.05) is 36.4 Å². The number of pyridine rings is 1. The smallest absolute Gasteiger partial charge is 0.308 e. The number of carbonyl (C=O) groups excluding carboxylic acids is 3. The number of ether oxygens (including phenoxy) is 4. The van der Waals surface area contributed by atoms with Crippen LogP contribution in [0, 0.1) is 0 Å². The number of aromatic nitrogens is 1. The van der Waals surface area contributed by atoms with E-state index in [9.17, 15) is 14.4 Å². The van der Waals surface area contributed by atoms with Crippen LogP contribution in [0.15, 0.2) is 54.6 Å². The first-order valence-electron chi connectivity index (χ1n) is 10.6. The topological polar surface area (TPSA) is 101 Å². The van der Waals surface area contributed by atoms with Gasteiger partial charge in [0.25, 0.3) is 0 Å². The number of rotatable bonds is 5. The Morgan fingerprint density at radius 2 is 1.47 bits per heavy atom. The van der Waals surface area contributed by atoms with Gasteiger partial charge in [0.15, 0.2) is 12.2 Å². The minimum Gasteiger partial charge on any atom is -0.496 e. The van der Waals surface area contributed by atoms with Crippen LogP contribution in [0.2, 0.25) is 0 Å². The summed E-state index contributed by atoms with van der Waals surface area (Å²) in [6.07, 6.45) is -1.81. The van der Waals surface area contributed by atoms with E-state index < -0.39 is 30.1 Å². The van der Waals surface area contributed by atoms with Crippen LogP contribution >= 0.6 is 0 Å². The van der Waals surface area contributed by atoms with E-state index in [-0.39, 0.29) is 5.75 Å². The summed E-state index contributed by atoms with van der Waals surface area (Å²) in [7, 11) is 1.50. The Morgan fingerprint density at radius 3 is 2.09 bits per heavy atom. The fourth-order valence-corrected chi connectivity index (χ4v) is 4.06. The molecule has 1 aliphatic carbocycles. The molecule has 2 atom stereocenters. The van der Waals surface area contributed by atoms with Crippen LogP contribution in [-0.2, 0) is 23.9 Å². The number of methoxy groups -OCH3 is 1. The number of carbonyl (C=O) groups is 3. The Bertz CT molecular complexity index is 1270. The molecule has 2 aromatic carbocycles. The lowest BCUT2D eigenvalue weighted by atomic mass is 9.83. The first kappa shape index (κ1) is 23.0. The zero-order chi connectivity index (χ0) is 24.4. The first-order valence-corrected chi connectivity index (χ1v) is 10.6. The highest BCUT2D eigenvalue weighted by Crippen LogP contribution is 2.49. The number of nitrogens with zero attached hydrogens (tertiary/aromatic N) is 1. The average molecular weight is 461 g/mol. The maximum atomic E-state index is 12.1. The SMILES string of the molecule is COc1cc(-c2ccccc2)nc2c1[C@H](OC(C)=O)c1cc(OC(C)=O)ccc1[C@@H]2OC(C)=O. The third-order valence-corrected chi connectivity index (χ3v) is 5.30. The third-order valence-electron chi connectivity index (χ3n) is 5.30. The molecule has 34 heavy (non-hydrogen) atoms. The Hall–Kier alpha value is -4.20. The minimum absolute atomic E-state index is 0.265. The molecule has 0 N–H and O–H groups in total. The van der Waals surface area contributed by atoms with E-state index in [2.05, 4.69) is 0 Å². The summed E-state index contributed by atoms with van der Waals surface area (Å²) in [6.45, 7) is 3.90. The number of esters is 3. The quantitative estimate of drug-likeness (QED) is 0.409. The van der Waals surface area contributed by atoms with E-state index in [0.29, 0.717) is 33.8 Å². The molecule has 1 heterocycles. The van der Waals surface area contributed by atoms with Crippen LogP contribution in [-0.4, -0.2) is 30.0 Å². The van der Waals surface area contributed by atoms with E-state index >= 15 is 0 Å². The molecule has 174 valence electrons. The van der Waals surface area contributed by atoms with E-state index in [0.717, 1.165) is 5.56 Å². The summed E-state index contributed by atoms with van der Waals surface area (Å²) in [5.41, 5.74) is 3.36. The van der Waals surface area contributed by atoms with Gasteiger partial charge in [-0.3, -0.25) is 14.4 Å². The minimum atomic E-state index is -0.919. The molecule has 0 aliphatic heterocycles. The molecule has 1 aromatic heterocycles. The highest BCUT2D eigenvalue weighted by atomic mass is 16.6. The second-order valence-corrected chi connectivity index (χ2v) is 7.74. The second-order valence-electron chi connectivity index (χ2n) is 7.74. The van der Waals surface area contributed by atoms with E-state index in [1.165, 1.54) is 27.9 Å². The van der Waals surface area contributed by atoms with Gasteiger partial charge in [0, 0.05) is 43.5 Å². The lowest BCUT2D eigenvalue weighted by molar-refractivity contribution is -0.148. The number of benzene rings is 2. The molecule has 0 fully saturated rings. The summed E-state index contributed by atoms with van der Waals surface area (Å²) in [5, 5.41) is 0. The van der Waals surface area contributed by atoms with Gasteiger partial charge in [-0.15, -0.1) is 0 Å². The molecule has 0 saturated carbocycles. The fourth-order valence-electron chi connectivity index (χ4n) is 4.06. The highest BCUT2D eigenvalue weighted by Gasteiger charge is 2.40. The van der Waals surface area contributed by atoms with Crippen LogP contribution in [0.5, 0.6) is 11.5 Å². The third kappa shape index (κ3) is 4.47. The van der Waals surface area contributed by atoms with Crippen LogP contribution in [0.1, 0.15) is 55.4 Å². The number of hydrogen-bond donors (Lipinski definition) is 0. The van der Waals surface area contributed by atoms with Gasteiger partial charge in [-0.25, -0.2) is 4.98 Å². The van der Waals surface area contributed by atoms with Crippen molar-refractivity contribution >= 4 is 17.9 Å². The van der Waals surface area contributed by atoms with Crippen molar-refractivity contribution in [1.29, 1.82) is 0 Å². The summed E-state index contributed by atoms with van der Waals surface area (Å²) in [5.74, 6) is -0.858. The molecule has 3 aromatic rings. The average Bonchev–Trinajstić information content (AvgIpc) is 2.80. The molecule has 0 bridgehead atoms. The molecular formula is C26H23NO7. The monoisotopic (exact) mass is 461 g/mol. The Kier molecular flexibility index (Phi) is 6.32. The van der Waals surface area contributed by atoms with Crippen LogP contribution in [0.25, 0.3) is 11.3 Å². The summed E-state index contributed by atoms with van der Waals surface area (Å²) in [4.78, 5) is 40.5. The highest BCUT2D eigenvalue weighted by molar-refractivity contribution is 5.72. The first-order chi connectivity index (χ1) is 16.3. The maximum Gasteiger partial charge on any atom is 0.308 e. The zero-order valence-corrected chi connectivity index (χ0v) is 19.2. The lowest BCUT2D eigenvalue weighted by Crippen LogP contribution is -2.26. The lowest BCUT2D eigenvalue weighted by Gasteiger charge is -2.33. The molecule has 8 heteroatoms. The van der Waals surface area contributed by atoms with Crippen molar-refractivity contribution in [3.8, 4) is 22.8 Å². The molecule has 0 radical (unpaired) electrons. The van der Waals surface area contributed by atoms with E-state index in [1.807, 2.05) is 30.3 Å². The summed E-state index contributed by atoms with van der Waals surface area (Å²) in [6, 6.07) is 16.1.